The smallest absolute Gasteiger partial charge is 0.0650 e. The summed E-state index contributed by atoms with van der Waals surface area (Å²) in [5.41, 5.74) is 0.118. The lowest BCUT2D eigenvalue weighted by atomic mass is 9.68. The Balaban J connectivity index is 2.45. The molecule has 1 nitrogen and oxygen atoms in total. The zero-order chi connectivity index (χ0) is 10.8. The molecule has 0 aliphatic heterocycles. The van der Waals surface area contributed by atoms with Gasteiger partial charge in [0.1, 0.15) is 0 Å². The molecule has 0 heterocycles. The largest absolute Gasteiger partial charge is 0.390 e. The molecule has 0 amide bonds. The van der Waals surface area contributed by atoms with E-state index in [4.69, 9.17) is 0 Å². The maximum atomic E-state index is 10.4. The van der Waals surface area contributed by atoms with E-state index < -0.39 is 0 Å². The van der Waals surface area contributed by atoms with Gasteiger partial charge < -0.3 is 5.11 Å². The zero-order valence-corrected chi connectivity index (χ0v) is 10.3. The lowest BCUT2D eigenvalue weighted by Gasteiger charge is -2.41. The highest BCUT2D eigenvalue weighted by molar-refractivity contribution is 4.89. The molecule has 84 valence electrons. The molecule has 1 N–H and O–H groups in total. The molecule has 14 heavy (non-hydrogen) atoms. The molecule has 0 aromatic rings. The SMILES string of the molecule is CCC(C)CC1(O)CCC(C)(C)CC1. The third kappa shape index (κ3) is 3.27. The Morgan fingerprint density at radius 2 is 1.64 bits per heavy atom. The standard InChI is InChI=1S/C13H26O/c1-5-11(2)10-13(14)8-6-12(3,4)7-9-13/h11,14H,5-10H2,1-4H3. The van der Waals surface area contributed by atoms with Gasteiger partial charge in [0, 0.05) is 0 Å². The van der Waals surface area contributed by atoms with Gasteiger partial charge in [-0.15, -0.1) is 0 Å². The number of hydrogen-bond donors (Lipinski definition) is 1. The summed E-state index contributed by atoms with van der Waals surface area (Å²) in [5.74, 6) is 0.668. The zero-order valence-electron chi connectivity index (χ0n) is 10.3. The van der Waals surface area contributed by atoms with Crippen molar-refractivity contribution in [3.8, 4) is 0 Å². The van der Waals surface area contributed by atoms with Crippen molar-refractivity contribution in [1.29, 1.82) is 0 Å². The van der Waals surface area contributed by atoms with Crippen molar-refractivity contribution in [1.82, 2.24) is 0 Å². The van der Waals surface area contributed by atoms with Crippen molar-refractivity contribution in [2.45, 2.75) is 71.8 Å². The highest BCUT2D eigenvalue weighted by Crippen LogP contribution is 2.42. The first-order chi connectivity index (χ1) is 6.37. The summed E-state index contributed by atoms with van der Waals surface area (Å²) in [6, 6.07) is 0. The Hall–Kier alpha value is -0.0400. The molecular formula is C13H26O. The number of aliphatic hydroxyl groups is 1. The Morgan fingerprint density at radius 1 is 1.14 bits per heavy atom. The van der Waals surface area contributed by atoms with E-state index >= 15 is 0 Å². The summed E-state index contributed by atoms with van der Waals surface area (Å²) >= 11 is 0. The predicted octanol–water partition coefficient (Wildman–Crippen LogP) is 3.75. The van der Waals surface area contributed by atoms with Crippen LogP contribution in [0.15, 0.2) is 0 Å². The molecule has 1 saturated carbocycles. The van der Waals surface area contributed by atoms with E-state index in [1.807, 2.05) is 0 Å². The fraction of sp³-hybridized carbons (Fsp3) is 1.00. The van der Waals surface area contributed by atoms with Gasteiger partial charge in [0.2, 0.25) is 0 Å². The second-order valence-corrected chi connectivity index (χ2v) is 6.11. The number of rotatable bonds is 3. The molecule has 1 heteroatoms. The quantitative estimate of drug-likeness (QED) is 0.732. The van der Waals surface area contributed by atoms with Gasteiger partial charge in [0.05, 0.1) is 5.60 Å². The van der Waals surface area contributed by atoms with Crippen LogP contribution in [0.3, 0.4) is 0 Å². The van der Waals surface area contributed by atoms with Crippen molar-refractivity contribution >= 4 is 0 Å². The van der Waals surface area contributed by atoms with E-state index in [9.17, 15) is 5.11 Å². The monoisotopic (exact) mass is 198 g/mol. The van der Waals surface area contributed by atoms with Gasteiger partial charge in [-0.05, 0) is 43.4 Å². The van der Waals surface area contributed by atoms with E-state index in [-0.39, 0.29) is 5.60 Å². The van der Waals surface area contributed by atoms with Crippen LogP contribution in [0.5, 0.6) is 0 Å². The van der Waals surface area contributed by atoms with Crippen molar-refractivity contribution in [3.63, 3.8) is 0 Å². The van der Waals surface area contributed by atoms with Gasteiger partial charge >= 0.3 is 0 Å². The third-order valence-electron chi connectivity index (χ3n) is 3.96. The molecule has 0 bridgehead atoms. The van der Waals surface area contributed by atoms with E-state index in [1.54, 1.807) is 0 Å². The summed E-state index contributed by atoms with van der Waals surface area (Å²) in [6.07, 6.45) is 6.56. The summed E-state index contributed by atoms with van der Waals surface area (Å²) in [4.78, 5) is 0. The Morgan fingerprint density at radius 3 is 2.07 bits per heavy atom. The summed E-state index contributed by atoms with van der Waals surface area (Å²) < 4.78 is 0. The van der Waals surface area contributed by atoms with Crippen LogP contribution < -0.4 is 0 Å². The topological polar surface area (TPSA) is 20.2 Å². The lowest BCUT2D eigenvalue weighted by molar-refractivity contribution is -0.0422. The van der Waals surface area contributed by atoms with Gasteiger partial charge in [-0.2, -0.15) is 0 Å². The first kappa shape index (κ1) is 12.0. The second kappa shape index (κ2) is 4.22. The molecule has 1 rings (SSSR count). The molecular weight excluding hydrogens is 172 g/mol. The van der Waals surface area contributed by atoms with Gasteiger partial charge in [-0.1, -0.05) is 34.1 Å². The highest BCUT2D eigenvalue weighted by Gasteiger charge is 2.36. The molecule has 0 spiro atoms. The van der Waals surface area contributed by atoms with Gasteiger partial charge in [0.25, 0.3) is 0 Å². The molecule has 0 saturated heterocycles. The minimum Gasteiger partial charge on any atom is -0.390 e. The van der Waals surface area contributed by atoms with E-state index in [2.05, 4.69) is 27.7 Å². The third-order valence-corrected chi connectivity index (χ3v) is 3.96. The molecule has 1 atom stereocenters. The Kier molecular flexibility index (Phi) is 3.63. The summed E-state index contributed by atoms with van der Waals surface area (Å²) in [7, 11) is 0. The van der Waals surface area contributed by atoms with Crippen molar-refractivity contribution in [3.05, 3.63) is 0 Å². The molecule has 1 aliphatic rings. The first-order valence-electron chi connectivity index (χ1n) is 6.09. The summed E-state index contributed by atoms with van der Waals surface area (Å²) in [6.45, 7) is 9.09. The Labute approximate surface area is 88.9 Å². The van der Waals surface area contributed by atoms with E-state index in [1.165, 1.54) is 19.3 Å². The van der Waals surface area contributed by atoms with E-state index in [0.717, 1.165) is 19.3 Å². The normalized spacial score (nSPS) is 27.2. The van der Waals surface area contributed by atoms with Crippen LogP contribution in [0.2, 0.25) is 0 Å². The Bertz CT molecular complexity index is 174. The fourth-order valence-corrected chi connectivity index (χ4v) is 2.39. The molecule has 0 aromatic carbocycles. The maximum absolute atomic E-state index is 10.4. The first-order valence-corrected chi connectivity index (χ1v) is 6.09. The average molecular weight is 198 g/mol. The minimum absolute atomic E-state index is 0.342. The number of hydrogen-bond acceptors (Lipinski definition) is 1. The van der Waals surface area contributed by atoms with Crippen LogP contribution >= 0.6 is 0 Å². The predicted molar refractivity (Wildman–Crippen MR) is 61.3 cm³/mol. The molecule has 0 radical (unpaired) electrons. The van der Waals surface area contributed by atoms with Crippen LogP contribution in [0.4, 0.5) is 0 Å². The maximum Gasteiger partial charge on any atom is 0.0650 e. The second-order valence-electron chi connectivity index (χ2n) is 6.11. The van der Waals surface area contributed by atoms with Gasteiger partial charge in [-0.25, -0.2) is 0 Å². The molecule has 1 aliphatic carbocycles. The van der Waals surface area contributed by atoms with E-state index in [0.29, 0.717) is 11.3 Å². The summed E-state index contributed by atoms with van der Waals surface area (Å²) in [5, 5.41) is 10.4. The molecule has 0 aromatic heterocycles. The van der Waals surface area contributed by atoms with Crippen molar-refractivity contribution < 1.29 is 5.11 Å². The lowest BCUT2D eigenvalue weighted by Crippen LogP contribution is -2.38. The van der Waals surface area contributed by atoms with Crippen LogP contribution in [0, 0.1) is 11.3 Å². The molecule has 1 unspecified atom stereocenters. The van der Waals surface area contributed by atoms with Crippen LogP contribution in [-0.2, 0) is 0 Å². The molecule has 1 fully saturated rings. The van der Waals surface area contributed by atoms with Crippen LogP contribution in [0.25, 0.3) is 0 Å². The van der Waals surface area contributed by atoms with Crippen LogP contribution in [0.1, 0.15) is 66.2 Å². The average Bonchev–Trinajstić information content (AvgIpc) is 2.11. The van der Waals surface area contributed by atoms with Gasteiger partial charge in [0.15, 0.2) is 0 Å². The van der Waals surface area contributed by atoms with Gasteiger partial charge in [-0.3, -0.25) is 0 Å². The van der Waals surface area contributed by atoms with Crippen LogP contribution in [-0.4, -0.2) is 10.7 Å². The highest BCUT2D eigenvalue weighted by atomic mass is 16.3. The fourth-order valence-electron chi connectivity index (χ4n) is 2.39. The minimum atomic E-state index is -0.342. The van der Waals surface area contributed by atoms with Crippen molar-refractivity contribution in [2.75, 3.05) is 0 Å². The van der Waals surface area contributed by atoms with Crippen molar-refractivity contribution in [2.24, 2.45) is 11.3 Å².